The smallest absolute Gasteiger partial charge is 0.248 e. The summed E-state index contributed by atoms with van der Waals surface area (Å²) in [6, 6.07) is -8.20. The molecule has 26 heteroatoms. The first kappa shape index (κ1) is 76.3. The van der Waals surface area contributed by atoms with Gasteiger partial charge in [-0.3, -0.25) is 57.5 Å². The SMILES string of the molecule is CC[C@H](C)[C@@H]1NC(=O)[C@H](C)N(C)C(=O)C[C@@H](C(=O)N2CCCCC2)N(C)C(=O)[C@H](C2CCCCC2)N(C)C(=O)C2(CCCC2)NC(=O)[C@@H]2CCCN2C(=O)[C@H](COCC2CCC(Cl)CC2)NC(=O)CN(C)C(=O)[C@H](CC2CCCCC2)N(C)C(=O)CN(C)C(=O)CN(C)C1=O. The van der Waals surface area contributed by atoms with Crippen LogP contribution in [-0.2, 0) is 62.3 Å². The highest BCUT2D eigenvalue weighted by atomic mass is 35.5. The minimum Gasteiger partial charge on any atom is -0.378 e. The summed E-state index contributed by atoms with van der Waals surface area (Å²) >= 11 is 6.44. The van der Waals surface area contributed by atoms with Gasteiger partial charge in [-0.2, -0.15) is 0 Å². The van der Waals surface area contributed by atoms with Gasteiger partial charge in [-0.15, -0.1) is 11.6 Å². The fourth-order valence-corrected chi connectivity index (χ4v) is 15.8. The Morgan fingerprint density at radius 2 is 1.17 bits per heavy atom. The molecule has 1 spiro atoms. The van der Waals surface area contributed by atoms with Crippen molar-refractivity contribution in [1.82, 2.24) is 60.0 Å². The fraction of sp³-hybridized carbons (Fsp3) is 0.826. The van der Waals surface area contributed by atoms with Crippen LogP contribution in [0.2, 0.25) is 0 Å². The van der Waals surface area contributed by atoms with Crippen molar-refractivity contribution in [3.8, 4) is 0 Å². The van der Waals surface area contributed by atoms with Gasteiger partial charge >= 0.3 is 0 Å². The Hall–Kier alpha value is -6.11. The zero-order valence-corrected chi connectivity index (χ0v) is 59.4. The number of likely N-dealkylation sites (N-methyl/N-ethyl adjacent to an activating group) is 7. The number of carbonyl (C=O) groups is 12. The molecule has 7 fully saturated rings. The number of carbonyl (C=O) groups excluding carboxylic acids is 12. The van der Waals surface area contributed by atoms with Crippen LogP contribution in [0.3, 0.4) is 0 Å². The maximum atomic E-state index is 15.7. The van der Waals surface area contributed by atoms with Gasteiger partial charge in [0.05, 0.1) is 32.7 Å². The summed E-state index contributed by atoms with van der Waals surface area (Å²) in [5, 5.41) is 8.91. The number of halogens is 1. The quantitative estimate of drug-likeness (QED) is 0.262. The summed E-state index contributed by atoms with van der Waals surface area (Å²) in [6.45, 7) is 4.70. The van der Waals surface area contributed by atoms with Crippen molar-refractivity contribution >= 4 is 82.5 Å². The third-order valence-electron chi connectivity index (χ3n) is 22.2. The number of rotatable bonds is 10. The van der Waals surface area contributed by atoms with Crippen LogP contribution >= 0.6 is 11.6 Å². The molecule has 0 aromatic carbocycles. The molecule has 25 nitrogen and oxygen atoms in total. The van der Waals surface area contributed by atoms with Gasteiger partial charge in [0.25, 0.3) is 0 Å². The van der Waals surface area contributed by atoms with E-state index in [0.29, 0.717) is 64.6 Å². The standard InChI is InChI=1S/C69H113ClN12O13/c1-11-45(2)59-66(92)76(6)41-57(85)74(4)42-58(86)78(8)53(38-47-24-15-12-16-25-47)64(90)75(5)40-55(83)71-51(44-95-43-48-29-31-50(70)32-30-48)63(89)82-37-23-28-52(82)62(88)73-69(33-19-20-34-69)68(94)80(10)60(49-26-17-13-18-27-49)67(93)79(9)54(65(91)81-35-21-14-22-36-81)39-56(84)77(7)46(3)61(87)72-59/h45-54,59-60H,11-44H2,1-10H3,(H,71,83)(H,72,87)(H,73,88)/t45-,46-,48?,50?,51-,52-,53-,54-,59-,60-/m0/s1. The number of piperidine rings is 1. The summed E-state index contributed by atoms with van der Waals surface area (Å²) in [7, 11) is 10.3. The molecule has 0 radical (unpaired) electrons. The molecule has 0 unspecified atom stereocenters. The number of hydrogen-bond donors (Lipinski definition) is 3. The van der Waals surface area contributed by atoms with Crippen molar-refractivity contribution in [2.24, 2.45) is 23.7 Å². The van der Waals surface area contributed by atoms with Crippen molar-refractivity contribution in [1.29, 1.82) is 0 Å². The molecule has 12 amide bonds. The van der Waals surface area contributed by atoms with Crippen molar-refractivity contribution in [2.45, 2.75) is 241 Å². The topological polar surface area (TPSA) is 279 Å². The fourth-order valence-electron chi connectivity index (χ4n) is 15.5. The Kier molecular flexibility index (Phi) is 28.4. The lowest BCUT2D eigenvalue weighted by Gasteiger charge is -2.43. The largest absolute Gasteiger partial charge is 0.378 e. The molecule has 0 aromatic heterocycles. The number of alkyl halides is 1. The second-order valence-corrected chi connectivity index (χ2v) is 29.6. The molecule has 3 N–H and O–H groups in total. The average Bonchev–Trinajstić information content (AvgIpc) is 1.77. The Morgan fingerprint density at radius 3 is 1.80 bits per heavy atom. The van der Waals surface area contributed by atoms with Gasteiger partial charge in [-0.05, 0) is 120 Å². The van der Waals surface area contributed by atoms with E-state index in [4.69, 9.17) is 16.3 Å². The second kappa shape index (κ2) is 35.4. The molecule has 7 aliphatic rings. The van der Waals surface area contributed by atoms with Crippen LogP contribution in [0, 0.1) is 23.7 Å². The van der Waals surface area contributed by atoms with Gasteiger partial charge in [0.1, 0.15) is 47.8 Å². The monoisotopic (exact) mass is 1350 g/mol. The van der Waals surface area contributed by atoms with Crippen molar-refractivity contribution in [3.05, 3.63) is 0 Å². The van der Waals surface area contributed by atoms with E-state index in [1.54, 1.807) is 18.9 Å². The summed E-state index contributed by atoms with van der Waals surface area (Å²) in [5.74, 6) is -7.46. The van der Waals surface area contributed by atoms with Crippen molar-refractivity contribution in [2.75, 3.05) is 102 Å². The van der Waals surface area contributed by atoms with Crippen LogP contribution < -0.4 is 16.0 Å². The minimum atomic E-state index is -1.48. The highest BCUT2D eigenvalue weighted by Gasteiger charge is 2.51. The van der Waals surface area contributed by atoms with Gasteiger partial charge in [0.2, 0.25) is 70.9 Å². The molecular weight excluding hydrogens is 1240 g/mol. The highest BCUT2D eigenvalue weighted by Crippen LogP contribution is 2.37. The maximum absolute atomic E-state index is 15.7. The van der Waals surface area contributed by atoms with E-state index in [1.807, 2.05) is 6.92 Å². The van der Waals surface area contributed by atoms with Gasteiger partial charge in [-0.1, -0.05) is 84.5 Å². The number of likely N-dealkylation sites (tertiary alicyclic amines) is 1. The van der Waals surface area contributed by atoms with Crippen LogP contribution in [0.15, 0.2) is 0 Å². The first-order valence-electron chi connectivity index (χ1n) is 35.7. The average molecular weight is 1350 g/mol. The molecule has 95 heavy (non-hydrogen) atoms. The molecule has 534 valence electrons. The predicted octanol–water partition coefficient (Wildman–Crippen LogP) is 3.91. The van der Waals surface area contributed by atoms with Gasteiger partial charge in [-0.25, -0.2) is 0 Å². The molecule has 0 aromatic rings. The zero-order valence-electron chi connectivity index (χ0n) is 58.7. The Bertz CT molecular complexity index is 2710. The highest BCUT2D eigenvalue weighted by molar-refractivity contribution is 6.20. The third kappa shape index (κ3) is 19.6. The summed E-state index contributed by atoms with van der Waals surface area (Å²) in [5.41, 5.74) is -1.48. The normalized spacial score (nSPS) is 30.0. The van der Waals surface area contributed by atoms with Crippen LogP contribution in [0.25, 0.3) is 0 Å². The van der Waals surface area contributed by atoms with E-state index >= 15 is 19.2 Å². The van der Waals surface area contributed by atoms with Gasteiger partial charge in [0, 0.05) is 81.0 Å². The molecule has 3 aliphatic heterocycles. The molecular formula is C69H113ClN12O13. The van der Waals surface area contributed by atoms with E-state index in [0.717, 1.165) is 96.3 Å². The van der Waals surface area contributed by atoms with Crippen LogP contribution in [0.1, 0.15) is 188 Å². The van der Waals surface area contributed by atoms with Gasteiger partial charge < -0.3 is 64.8 Å². The minimum absolute atomic E-state index is 0.0677. The number of hydrogen-bond acceptors (Lipinski definition) is 13. The number of fused-ring (bicyclic) bond motifs is 1. The van der Waals surface area contributed by atoms with Crippen LogP contribution in [-0.4, -0.2) is 270 Å². The molecule has 8 atom stereocenters. The third-order valence-corrected chi connectivity index (χ3v) is 22.6. The van der Waals surface area contributed by atoms with Gasteiger partial charge in [0.15, 0.2) is 0 Å². The number of amides is 12. The lowest BCUT2D eigenvalue weighted by molar-refractivity contribution is -0.157. The Morgan fingerprint density at radius 1 is 0.568 bits per heavy atom. The summed E-state index contributed by atoms with van der Waals surface area (Å²) in [6.07, 6.45) is 16.5. The summed E-state index contributed by atoms with van der Waals surface area (Å²) < 4.78 is 6.27. The number of ether oxygens (including phenoxy) is 1. The van der Waals surface area contributed by atoms with E-state index in [2.05, 4.69) is 16.0 Å². The van der Waals surface area contributed by atoms with E-state index in [9.17, 15) is 38.4 Å². The first-order valence-corrected chi connectivity index (χ1v) is 36.1. The second-order valence-electron chi connectivity index (χ2n) is 29.0. The lowest BCUT2D eigenvalue weighted by atomic mass is 9.81. The number of nitrogens with one attached hydrogen (secondary N) is 3. The first-order chi connectivity index (χ1) is 45.2. The summed E-state index contributed by atoms with van der Waals surface area (Å²) in [4.78, 5) is 189. The Balaban J connectivity index is 1.24. The zero-order chi connectivity index (χ0) is 69.4. The molecule has 0 bridgehead atoms. The molecule has 3 heterocycles. The lowest BCUT2D eigenvalue weighted by Crippen LogP contribution is -2.65. The molecule has 4 aliphatic carbocycles. The number of nitrogens with zero attached hydrogens (tertiary/aromatic N) is 9. The van der Waals surface area contributed by atoms with Crippen LogP contribution in [0.5, 0.6) is 0 Å². The van der Waals surface area contributed by atoms with E-state index < -0.39 is 151 Å². The van der Waals surface area contributed by atoms with Crippen molar-refractivity contribution < 1.29 is 62.3 Å². The molecule has 3 saturated heterocycles. The van der Waals surface area contributed by atoms with E-state index in [1.165, 1.54) is 88.4 Å². The van der Waals surface area contributed by atoms with Crippen molar-refractivity contribution in [3.63, 3.8) is 0 Å². The van der Waals surface area contributed by atoms with Crippen LogP contribution in [0.4, 0.5) is 0 Å². The molecule has 4 saturated carbocycles. The molecule has 7 rings (SSSR count). The Labute approximate surface area is 568 Å². The maximum Gasteiger partial charge on any atom is 0.248 e. The van der Waals surface area contributed by atoms with E-state index in [-0.39, 0.29) is 55.5 Å². The predicted molar refractivity (Wildman–Crippen MR) is 357 cm³/mol.